The summed E-state index contributed by atoms with van der Waals surface area (Å²) in [5.74, 6) is -0.697. The Bertz CT molecular complexity index is 679. The molecule has 2 fully saturated rings. The van der Waals surface area contributed by atoms with Crippen LogP contribution in [-0.2, 0) is 28.7 Å². The van der Waals surface area contributed by atoms with Crippen LogP contribution < -0.4 is 0 Å². The second-order valence-electron chi connectivity index (χ2n) is 13.8. The number of hydrogen-bond acceptors (Lipinski definition) is 8. The summed E-state index contributed by atoms with van der Waals surface area (Å²) in [4.78, 5) is 37.7. The van der Waals surface area contributed by atoms with E-state index in [4.69, 9.17) is 19.1 Å². The number of hydroxylamine groups is 4. The van der Waals surface area contributed by atoms with Crippen LogP contribution in [-0.4, -0.2) is 69.6 Å². The zero-order valence-corrected chi connectivity index (χ0v) is 26.0. The van der Waals surface area contributed by atoms with Gasteiger partial charge in [0.1, 0.15) is 12.2 Å². The third-order valence-electron chi connectivity index (χ3n) is 7.67. The molecule has 2 heterocycles. The van der Waals surface area contributed by atoms with Gasteiger partial charge in [0, 0.05) is 47.8 Å². The second kappa shape index (κ2) is 13.4. The average molecular weight is 541 g/mol. The first-order valence-electron chi connectivity index (χ1n) is 14.8. The van der Waals surface area contributed by atoms with Crippen molar-refractivity contribution >= 4 is 11.9 Å². The number of carbonyl (C=O) groups is 2. The van der Waals surface area contributed by atoms with Gasteiger partial charge in [0.25, 0.3) is 0 Å². The quantitative estimate of drug-likeness (QED) is 0.197. The Balaban J connectivity index is 1.85. The van der Waals surface area contributed by atoms with E-state index in [1.807, 2.05) is 0 Å². The first-order chi connectivity index (χ1) is 17.5. The van der Waals surface area contributed by atoms with Crippen LogP contribution in [0.1, 0.15) is 133 Å². The number of unbranched alkanes of at least 4 members (excludes halogenated alkanes) is 2. The highest BCUT2D eigenvalue weighted by Gasteiger charge is 2.49. The molecule has 38 heavy (non-hydrogen) atoms. The average Bonchev–Trinajstić information content (AvgIpc) is 2.74. The summed E-state index contributed by atoms with van der Waals surface area (Å²) in [7, 11) is 0. The van der Waals surface area contributed by atoms with E-state index >= 15 is 0 Å². The SMILES string of the molecule is CCCCON1C(C)(C)CC(OC(=O)CCC(=O)OC2CC(C)(C)N(OCCCC)C(C)(C)C2)CC1(C)C. The lowest BCUT2D eigenvalue weighted by Crippen LogP contribution is -2.62. The molecule has 0 aromatic carbocycles. The normalized spacial score (nSPS) is 23.7. The molecule has 0 atom stereocenters. The number of hydrogen-bond donors (Lipinski definition) is 0. The van der Waals surface area contributed by atoms with Crippen LogP contribution in [0.3, 0.4) is 0 Å². The van der Waals surface area contributed by atoms with E-state index in [1.54, 1.807) is 0 Å². The van der Waals surface area contributed by atoms with Crippen LogP contribution in [0.4, 0.5) is 0 Å². The lowest BCUT2D eigenvalue weighted by atomic mass is 9.80. The first-order valence-corrected chi connectivity index (χ1v) is 14.8. The summed E-state index contributed by atoms with van der Waals surface area (Å²) < 4.78 is 11.7. The van der Waals surface area contributed by atoms with Gasteiger partial charge in [-0.15, -0.1) is 0 Å². The van der Waals surface area contributed by atoms with Gasteiger partial charge in [-0.25, -0.2) is 0 Å². The topological polar surface area (TPSA) is 77.5 Å². The fourth-order valence-corrected chi connectivity index (χ4v) is 6.50. The molecule has 8 heteroatoms. The molecule has 0 aromatic rings. The maximum atomic E-state index is 12.7. The minimum Gasteiger partial charge on any atom is -0.462 e. The number of esters is 2. The van der Waals surface area contributed by atoms with Gasteiger partial charge in [-0.1, -0.05) is 26.7 Å². The molecular weight excluding hydrogens is 484 g/mol. The fourth-order valence-electron chi connectivity index (χ4n) is 6.50. The number of rotatable bonds is 13. The lowest BCUT2D eigenvalue weighted by Gasteiger charge is -2.53. The zero-order chi connectivity index (χ0) is 28.8. The number of carbonyl (C=O) groups excluding carboxylic acids is 2. The first kappa shape index (κ1) is 33.0. The summed E-state index contributed by atoms with van der Waals surface area (Å²) in [6.07, 6.45) is 6.54. The molecule has 0 saturated carbocycles. The van der Waals surface area contributed by atoms with Crippen molar-refractivity contribution in [2.24, 2.45) is 0 Å². The third-order valence-corrected chi connectivity index (χ3v) is 7.67. The minimum atomic E-state index is -0.348. The molecule has 2 aliphatic heterocycles. The second-order valence-corrected chi connectivity index (χ2v) is 13.8. The van der Waals surface area contributed by atoms with Crippen LogP contribution in [0.15, 0.2) is 0 Å². The Hall–Kier alpha value is -1.22. The van der Waals surface area contributed by atoms with E-state index in [9.17, 15) is 9.59 Å². The van der Waals surface area contributed by atoms with Crippen molar-refractivity contribution in [3.05, 3.63) is 0 Å². The van der Waals surface area contributed by atoms with E-state index in [-0.39, 0.29) is 59.1 Å². The van der Waals surface area contributed by atoms with E-state index in [2.05, 4.69) is 79.4 Å². The van der Waals surface area contributed by atoms with Crippen LogP contribution >= 0.6 is 0 Å². The Labute approximate surface area is 232 Å². The molecule has 2 saturated heterocycles. The van der Waals surface area contributed by atoms with Crippen LogP contribution in [0, 0.1) is 0 Å². The van der Waals surface area contributed by atoms with E-state index in [0.717, 1.165) is 25.7 Å². The van der Waals surface area contributed by atoms with Crippen molar-refractivity contribution in [2.75, 3.05) is 13.2 Å². The van der Waals surface area contributed by atoms with Crippen LogP contribution in [0.25, 0.3) is 0 Å². The smallest absolute Gasteiger partial charge is 0.306 e. The van der Waals surface area contributed by atoms with Crippen LogP contribution in [0.2, 0.25) is 0 Å². The summed E-state index contributed by atoms with van der Waals surface area (Å²) >= 11 is 0. The number of piperidine rings is 2. The molecule has 0 amide bonds. The van der Waals surface area contributed by atoms with Crippen molar-refractivity contribution in [2.45, 2.75) is 168 Å². The summed E-state index contributed by atoms with van der Waals surface area (Å²) in [6.45, 7) is 22.7. The van der Waals surface area contributed by atoms with Gasteiger partial charge in [0.15, 0.2) is 0 Å². The number of ether oxygens (including phenoxy) is 2. The Kier molecular flexibility index (Phi) is 11.7. The lowest BCUT2D eigenvalue weighted by molar-refractivity contribution is -0.293. The minimum absolute atomic E-state index is 0.0265. The molecule has 0 unspecified atom stereocenters. The molecule has 0 aliphatic carbocycles. The molecule has 222 valence electrons. The maximum Gasteiger partial charge on any atom is 0.306 e. The van der Waals surface area contributed by atoms with Crippen molar-refractivity contribution in [1.29, 1.82) is 0 Å². The van der Waals surface area contributed by atoms with E-state index in [0.29, 0.717) is 38.9 Å². The predicted molar refractivity (Wildman–Crippen MR) is 149 cm³/mol. The van der Waals surface area contributed by atoms with Gasteiger partial charge < -0.3 is 9.47 Å². The Morgan fingerprint density at radius 2 is 0.895 bits per heavy atom. The Morgan fingerprint density at radius 1 is 0.605 bits per heavy atom. The summed E-state index contributed by atoms with van der Waals surface area (Å²) in [6, 6.07) is 0. The predicted octanol–water partition coefficient (Wildman–Crippen LogP) is 6.36. The van der Waals surface area contributed by atoms with Gasteiger partial charge >= 0.3 is 11.9 Å². The van der Waals surface area contributed by atoms with Crippen molar-refractivity contribution in [3.8, 4) is 0 Å². The molecular formula is C30H56N2O6. The van der Waals surface area contributed by atoms with Gasteiger partial charge in [-0.05, 0) is 68.2 Å². The molecule has 0 N–H and O–H groups in total. The fraction of sp³-hybridized carbons (Fsp3) is 0.933. The molecule has 2 aliphatic rings. The molecule has 8 nitrogen and oxygen atoms in total. The maximum absolute atomic E-state index is 12.7. The molecule has 0 bridgehead atoms. The highest BCUT2D eigenvalue weighted by molar-refractivity contribution is 5.77. The largest absolute Gasteiger partial charge is 0.462 e. The molecule has 2 rings (SSSR count). The highest BCUT2D eigenvalue weighted by Crippen LogP contribution is 2.41. The zero-order valence-electron chi connectivity index (χ0n) is 26.0. The van der Waals surface area contributed by atoms with Crippen molar-refractivity contribution in [3.63, 3.8) is 0 Å². The van der Waals surface area contributed by atoms with Crippen molar-refractivity contribution < 1.29 is 28.7 Å². The van der Waals surface area contributed by atoms with E-state index < -0.39 is 0 Å². The van der Waals surface area contributed by atoms with Gasteiger partial charge in [0.2, 0.25) is 0 Å². The third kappa shape index (κ3) is 9.17. The van der Waals surface area contributed by atoms with Gasteiger partial charge in [0.05, 0.1) is 26.1 Å². The molecule has 0 radical (unpaired) electrons. The van der Waals surface area contributed by atoms with Gasteiger partial charge in [-0.3, -0.25) is 19.3 Å². The van der Waals surface area contributed by atoms with Crippen molar-refractivity contribution in [1.82, 2.24) is 10.1 Å². The monoisotopic (exact) mass is 540 g/mol. The summed E-state index contributed by atoms with van der Waals surface area (Å²) in [5.41, 5.74) is -1.08. The molecule has 0 aromatic heterocycles. The standard InChI is InChI=1S/C30H56N2O6/c1-11-13-17-35-31-27(3,4)19-23(20-28(31,5)6)37-25(33)15-16-26(34)38-24-21-29(7,8)32(30(9,10)22-24)36-18-14-12-2/h23-24H,11-22H2,1-10H3. The number of nitrogens with zero attached hydrogens (tertiary/aromatic N) is 2. The van der Waals surface area contributed by atoms with E-state index in [1.165, 1.54) is 0 Å². The molecule has 0 spiro atoms. The Morgan fingerprint density at radius 3 is 1.16 bits per heavy atom. The summed E-state index contributed by atoms with van der Waals surface area (Å²) in [5, 5.41) is 4.17. The highest BCUT2D eigenvalue weighted by atomic mass is 16.7. The van der Waals surface area contributed by atoms with Crippen LogP contribution in [0.5, 0.6) is 0 Å². The van der Waals surface area contributed by atoms with Gasteiger partial charge in [-0.2, -0.15) is 10.1 Å².